The molecule has 128 valence electrons. The first-order valence-electron chi connectivity index (χ1n) is 7.83. The maximum atomic E-state index is 13.0. The van der Waals surface area contributed by atoms with Crippen molar-refractivity contribution >= 4 is 5.91 Å². The smallest absolute Gasteiger partial charge is 0.274 e. The number of halogens is 1. The molecule has 1 amide bonds. The summed E-state index contributed by atoms with van der Waals surface area (Å²) in [5.74, 6) is -0.777. The molecule has 1 N–H and O–H groups in total. The Hall–Kier alpha value is -2.54. The fourth-order valence-corrected chi connectivity index (χ4v) is 2.24. The topological polar surface area (TPSA) is 75.4 Å². The van der Waals surface area contributed by atoms with Crippen molar-refractivity contribution in [1.82, 2.24) is 14.7 Å². The first kappa shape index (κ1) is 17.8. The number of aliphatic hydroxyl groups is 1. The Morgan fingerprint density at radius 3 is 2.54 bits per heavy atom. The zero-order valence-electron chi connectivity index (χ0n) is 13.5. The van der Waals surface area contributed by atoms with Crippen LogP contribution in [0.1, 0.15) is 30.3 Å². The summed E-state index contributed by atoms with van der Waals surface area (Å²) >= 11 is 0. The highest BCUT2D eigenvalue weighted by molar-refractivity contribution is 5.92. The molecule has 0 radical (unpaired) electrons. The van der Waals surface area contributed by atoms with E-state index in [1.54, 1.807) is 0 Å². The number of carbonyl (C=O) groups is 1. The molecule has 0 fully saturated rings. The summed E-state index contributed by atoms with van der Waals surface area (Å²) in [6.07, 6.45) is 1.72. The summed E-state index contributed by atoms with van der Waals surface area (Å²) in [6.45, 7) is 2.57. The lowest BCUT2D eigenvalue weighted by molar-refractivity contribution is 0.0711. The second-order valence-electron chi connectivity index (χ2n) is 5.31. The summed E-state index contributed by atoms with van der Waals surface area (Å²) in [4.78, 5) is 26.1. The lowest BCUT2D eigenvalue weighted by atomic mass is 10.2. The number of unbranched alkanes of at least 4 members (excludes halogenated alkanes) is 1. The van der Waals surface area contributed by atoms with E-state index in [-0.39, 0.29) is 24.8 Å². The van der Waals surface area contributed by atoms with Crippen LogP contribution in [0.3, 0.4) is 0 Å². The summed E-state index contributed by atoms with van der Waals surface area (Å²) in [5, 5.41) is 13.2. The number of aromatic nitrogens is 2. The summed E-state index contributed by atoms with van der Waals surface area (Å²) in [7, 11) is 0. The van der Waals surface area contributed by atoms with Gasteiger partial charge in [0, 0.05) is 19.2 Å². The van der Waals surface area contributed by atoms with Gasteiger partial charge in [0.1, 0.15) is 11.5 Å². The first-order valence-corrected chi connectivity index (χ1v) is 7.83. The molecule has 2 aromatic rings. The van der Waals surface area contributed by atoms with Crippen LogP contribution in [0, 0.1) is 5.82 Å². The Balaban J connectivity index is 2.33. The number of amides is 1. The van der Waals surface area contributed by atoms with Crippen LogP contribution in [0.15, 0.2) is 41.2 Å². The number of hydrogen-bond donors (Lipinski definition) is 1. The van der Waals surface area contributed by atoms with E-state index in [9.17, 15) is 14.0 Å². The lowest BCUT2D eigenvalue weighted by Crippen LogP contribution is -2.36. The van der Waals surface area contributed by atoms with E-state index in [1.165, 1.54) is 41.3 Å². The number of carbonyl (C=O) groups excluding carboxylic acids is 1. The van der Waals surface area contributed by atoms with Crippen LogP contribution in [-0.2, 0) is 0 Å². The molecule has 6 nitrogen and oxygen atoms in total. The zero-order chi connectivity index (χ0) is 17.5. The minimum absolute atomic E-state index is 0.100. The second kappa shape index (κ2) is 8.35. The number of aliphatic hydroxyl groups excluding tert-OH is 1. The Kier molecular flexibility index (Phi) is 6.20. The predicted octanol–water partition coefficient (Wildman–Crippen LogP) is 1.61. The molecule has 0 unspecified atom stereocenters. The van der Waals surface area contributed by atoms with E-state index in [2.05, 4.69) is 5.10 Å². The largest absolute Gasteiger partial charge is 0.395 e. The van der Waals surface area contributed by atoms with E-state index in [0.29, 0.717) is 12.2 Å². The molecule has 1 heterocycles. The molecular weight excluding hydrogens is 313 g/mol. The van der Waals surface area contributed by atoms with Gasteiger partial charge in [-0.05, 0) is 36.8 Å². The summed E-state index contributed by atoms with van der Waals surface area (Å²) in [5.41, 5.74) is 0.0576. The van der Waals surface area contributed by atoms with Crippen molar-refractivity contribution in [1.29, 1.82) is 0 Å². The van der Waals surface area contributed by atoms with Crippen molar-refractivity contribution < 1.29 is 14.3 Å². The molecule has 0 saturated carbocycles. The molecule has 1 aromatic heterocycles. The molecule has 2 rings (SSSR count). The standard InChI is InChI=1S/C17H20FN3O3/c1-2-3-10-20(11-12-22)17(24)15-8-9-16(23)21(19-15)14-6-4-13(18)5-7-14/h4-9,22H,2-3,10-12H2,1H3. The second-order valence-corrected chi connectivity index (χ2v) is 5.31. The Morgan fingerprint density at radius 1 is 1.21 bits per heavy atom. The maximum absolute atomic E-state index is 13.0. The third-order valence-electron chi connectivity index (χ3n) is 3.53. The average molecular weight is 333 g/mol. The fraction of sp³-hybridized carbons (Fsp3) is 0.353. The quantitative estimate of drug-likeness (QED) is 0.835. The number of rotatable bonds is 7. The van der Waals surface area contributed by atoms with Crippen molar-refractivity contribution in [2.75, 3.05) is 19.7 Å². The summed E-state index contributed by atoms with van der Waals surface area (Å²) in [6, 6.07) is 7.89. The molecule has 7 heteroatoms. The van der Waals surface area contributed by atoms with Crippen LogP contribution in [0.4, 0.5) is 4.39 Å². The Morgan fingerprint density at radius 2 is 1.92 bits per heavy atom. The van der Waals surface area contributed by atoms with Gasteiger partial charge in [-0.1, -0.05) is 13.3 Å². The van der Waals surface area contributed by atoms with Gasteiger partial charge < -0.3 is 10.0 Å². The van der Waals surface area contributed by atoms with E-state index in [0.717, 1.165) is 17.5 Å². The highest BCUT2D eigenvalue weighted by Gasteiger charge is 2.17. The van der Waals surface area contributed by atoms with Gasteiger partial charge in [0.25, 0.3) is 11.5 Å². The molecule has 0 spiro atoms. The molecule has 0 bridgehead atoms. The van der Waals surface area contributed by atoms with Gasteiger partial charge in [-0.15, -0.1) is 0 Å². The van der Waals surface area contributed by atoms with Crippen LogP contribution in [0.2, 0.25) is 0 Å². The molecule has 0 atom stereocenters. The van der Waals surface area contributed by atoms with Crippen molar-refractivity contribution in [3.8, 4) is 5.69 Å². The normalized spacial score (nSPS) is 10.6. The van der Waals surface area contributed by atoms with Crippen molar-refractivity contribution in [3.63, 3.8) is 0 Å². The SMILES string of the molecule is CCCCN(CCO)C(=O)c1ccc(=O)n(-c2ccc(F)cc2)n1. The van der Waals surface area contributed by atoms with Crippen LogP contribution < -0.4 is 5.56 Å². The molecule has 0 aliphatic carbocycles. The Labute approximate surface area is 139 Å². The number of benzene rings is 1. The number of hydrogen-bond acceptors (Lipinski definition) is 4. The van der Waals surface area contributed by atoms with Crippen molar-refractivity contribution in [2.45, 2.75) is 19.8 Å². The molecule has 0 aliphatic rings. The summed E-state index contributed by atoms with van der Waals surface area (Å²) < 4.78 is 14.1. The third-order valence-corrected chi connectivity index (χ3v) is 3.53. The van der Waals surface area contributed by atoms with Gasteiger partial charge in [-0.25, -0.2) is 4.39 Å². The molecule has 1 aromatic carbocycles. The molecule has 0 aliphatic heterocycles. The highest BCUT2D eigenvalue weighted by Crippen LogP contribution is 2.07. The minimum atomic E-state index is -0.423. The fourth-order valence-electron chi connectivity index (χ4n) is 2.24. The highest BCUT2D eigenvalue weighted by atomic mass is 19.1. The van der Waals surface area contributed by atoms with Crippen LogP contribution in [0.25, 0.3) is 5.69 Å². The number of nitrogens with zero attached hydrogens (tertiary/aromatic N) is 3. The van der Waals surface area contributed by atoms with E-state index < -0.39 is 11.4 Å². The van der Waals surface area contributed by atoms with Gasteiger partial charge >= 0.3 is 0 Å². The van der Waals surface area contributed by atoms with Gasteiger partial charge in [-0.2, -0.15) is 9.78 Å². The van der Waals surface area contributed by atoms with E-state index in [1.807, 2.05) is 6.92 Å². The third kappa shape index (κ3) is 4.26. The van der Waals surface area contributed by atoms with Crippen molar-refractivity contribution in [2.24, 2.45) is 0 Å². The first-order chi connectivity index (χ1) is 11.6. The van der Waals surface area contributed by atoms with Crippen molar-refractivity contribution in [3.05, 3.63) is 58.3 Å². The van der Waals surface area contributed by atoms with Crippen LogP contribution >= 0.6 is 0 Å². The van der Waals surface area contributed by atoms with E-state index >= 15 is 0 Å². The zero-order valence-corrected chi connectivity index (χ0v) is 13.5. The minimum Gasteiger partial charge on any atom is -0.395 e. The average Bonchev–Trinajstić information content (AvgIpc) is 2.59. The Bertz CT molecular complexity index is 743. The van der Waals surface area contributed by atoms with Gasteiger partial charge in [0.15, 0.2) is 0 Å². The molecular formula is C17H20FN3O3. The van der Waals surface area contributed by atoms with Crippen LogP contribution in [-0.4, -0.2) is 45.4 Å². The lowest BCUT2D eigenvalue weighted by Gasteiger charge is -2.21. The van der Waals surface area contributed by atoms with Gasteiger partial charge in [0.2, 0.25) is 0 Å². The van der Waals surface area contributed by atoms with Gasteiger partial charge in [-0.3, -0.25) is 9.59 Å². The monoisotopic (exact) mass is 333 g/mol. The predicted molar refractivity (Wildman–Crippen MR) is 87.7 cm³/mol. The van der Waals surface area contributed by atoms with Gasteiger partial charge in [0.05, 0.1) is 12.3 Å². The van der Waals surface area contributed by atoms with Crippen LogP contribution in [0.5, 0.6) is 0 Å². The maximum Gasteiger partial charge on any atom is 0.274 e. The molecule has 24 heavy (non-hydrogen) atoms. The van der Waals surface area contributed by atoms with E-state index in [4.69, 9.17) is 5.11 Å². The molecule has 0 saturated heterocycles.